The third kappa shape index (κ3) is 4.53. The van der Waals surface area contributed by atoms with Gasteiger partial charge in [-0.15, -0.1) is 0 Å². The summed E-state index contributed by atoms with van der Waals surface area (Å²) in [5, 5.41) is 25.2. The highest BCUT2D eigenvalue weighted by Gasteiger charge is 2.33. The standard InChI is InChI=1S/C15H10F3N3O4/c16-15(17,18)11-5-6-12(13(7-11)21(24)25)20-19-8-9-1-3-10(4-2-9)14(22)23/h1-8,20H,(H,22,23)/p-1/b19-8-. The van der Waals surface area contributed by atoms with Crippen LogP contribution < -0.4 is 10.5 Å². The number of carboxylic acid groups (broad SMARTS) is 1. The van der Waals surface area contributed by atoms with E-state index in [4.69, 9.17) is 0 Å². The molecule has 2 aromatic carbocycles. The number of carbonyl (C=O) groups excluding carboxylic acids is 1. The first-order valence-corrected chi connectivity index (χ1v) is 6.64. The van der Waals surface area contributed by atoms with Crippen LogP contribution in [0.4, 0.5) is 24.5 Å². The van der Waals surface area contributed by atoms with Crippen LogP contribution in [0.5, 0.6) is 0 Å². The van der Waals surface area contributed by atoms with Gasteiger partial charge in [0.15, 0.2) is 0 Å². The smallest absolute Gasteiger partial charge is 0.416 e. The molecule has 0 radical (unpaired) electrons. The number of nitrogens with zero attached hydrogens (tertiary/aromatic N) is 2. The second-order valence-electron chi connectivity index (χ2n) is 4.77. The van der Waals surface area contributed by atoms with Crippen molar-refractivity contribution in [2.24, 2.45) is 5.10 Å². The minimum absolute atomic E-state index is 0.0384. The average molecular weight is 352 g/mol. The Labute approximate surface area is 138 Å². The second kappa shape index (κ2) is 6.99. The van der Waals surface area contributed by atoms with Crippen LogP contribution in [-0.4, -0.2) is 17.1 Å². The fraction of sp³-hybridized carbons (Fsp3) is 0.0667. The number of aromatic carboxylic acids is 1. The number of carbonyl (C=O) groups is 1. The molecular weight excluding hydrogens is 343 g/mol. The summed E-state index contributed by atoms with van der Waals surface area (Å²) in [6.45, 7) is 0. The van der Waals surface area contributed by atoms with Crippen LogP contribution in [0.25, 0.3) is 0 Å². The Morgan fingerprint density at radius 2 is 1.80 bits per heavy atom. The van der Waals surface area contributed by atoms with Crippen LogP contribution >= 0.6 is 0 Å². The average Bonchev–Trinajstić information content (AvgIpc) is 2.54. The van der Waals surface area contributed by atoms with Gasteiger partial charge in [-0.1, -0.05) is 24.3 Å². The summed E-state index contributed by atoms with van der Waals surface area (Å²) in [6, 6.07) is 7.38. The maximum Gasteiger partial charge on any atom is 0.416 e. The van der Waals surface area contributed by atoms with Gasteiger partial charge in [0.05, 0.1) is 22.7 Å². The zero-order valence-electron chi connectivity index (χ0n) is 12.3. The first-order chi connectivity index (χ1) is 11.7. The highest BCUT2D eigenvalue weighted by molar-refractivity contribution is 5.88. The van der Waals surface area contributed by atoms with E-state index in [2.05, 4.69) is 10.5 Å². The fourth-order valence-electron chi connectivity index (χ4n) is 1.84. The highest BCUT2D eigenvalue weighted by atomic mass is 19.4. The van der Waals surface area contributed by atoms with Crippen LogP contribution in [0.15, 0.2) is 47.6 Å². The number of halogens is 3. The van der Waals surface area contributed by atoms with Crippen LogP contribution in [0.1, 0.15) is 21.5 Å². The molecule has 0 aliphatic carbocycles. The monoisotopic (exact) mass is 352 g/mol. The van der Waals surface area contributed by atoms with Crippen LogP contribution in [0, 0.1) is 10.1 Å². The van der Waals surface area contributed by atoms with Gasteiger partial charge in [0.2, 0.25) is 0 Å². The van der Waals surface area contributed by atoms with Gasteiger partial charge in [-0.2, -0.15) is 18.3 Å². The minimum Gasteiger partial charge on any atom is -0.545 e. The third-order valence-electron chi connectivity index (χ3n) is 3.07. The Morgan fingerprint density at radius 1 is 1.16 bits per heavy atom. The van der Waals surface area contributed by atoms with Gasteiger partial charge in [0, 0.05) is 6.07 Å². The maximum atomic E-state index is 12.6. The van der Waals surface area contributed by atoms with E-state index in [9.17, 15) is 33.2 Å². The quantitative estimate of drug-likeness (QED) is 0.505. The number of carboxylic acids is 1. The topological polar surface area (TPSA) is 108 Å². The molecule has 0 bridgehead atoms. The van der Waals surface area contributed by atoms with Crippen molar-refractivity contribution >= 4 is 23.6 Å². The summed E-state index contributed by atoms with van der Waals surface area (Å²) >= 11 is 0. The van der Waals surface area contributed by atoms with Gasteiger partial charge in [-0.3, -0.25) is 15.5 Å². The van der Waals surface area contributed by atoms with E-state index in [0.29, 0.717) is 17.7 Å². The van der Waals surface area contributed by atoms with Gasteiger partial charge in [0.1, 0.15) is 5.69 Å². The van der Waals surface area contributed by atoms with Crippen LogP contribution in [-0.2, 0) is 6.18 Å². The number of anilines is 1. The summed E-state index contributed by atoms with van der Waals surface area (Å²) < 4.78 is 37.8. The van der Waals surface area contributed by atoms with Crippen molar-refractivity contribution in [2.75, 3.05) is 5.43 Å². The number of nitro groups is 1. The Balaban J connectivity index is 2.19. The number of alkyl halides is 3. The summed E-state index contributed by atoms with van der Waals surface area (Å²) in [4.78, 5) is 20.6. The summed E-state index contributed by atoms with van der Waals surface area (Å²) in [7, 11) is 0. The number of rotatable bonds is 5. The molecule has 10 heteroatoms. The molecule has 0 amide bonds. The molecule has 0 aromatic heterocycles. The first kappa shape index (κ1) is 17.9. The Kier molecular flexibility index (Phi) is 5.01. The molecular formula is C15H9F3N3O4-. The van der Waals surface area contributed by atoms with Crippen molar-refractivity contribution < 1.29 is 28.0 Å². The van der Waals surface area contributed by atoms with Crippen LogP contribution in [0.3, 0.4) is 0 Å². The van der Waals surface area contributed by atoms with E-state index in [1.807, 2.05) is 0 Å². The largest absolute Gasteiger partial charge is 0.545 e. The van der Waals surface area contributed by atoms with Crippen molar-refractivity contribution in [3.05, 3.63) is 69.3 Å². The molecule has 0 heterocycles. The lowest BCUT2D eigenvalue weighted by molar-refractivity contribution is -0.384. The maximum absolute atomic E-state index is 12.6. The summed E-state index contributed by atoms with van der Waals surface area (Å²) in [6.07, 6.45) is -3.48. The number of hydrazone groups is 1. The van der Waals surface area contributed by atoms with Gasteiger partial charge < -0.3 is 9.90 Å². The van der Waals surface area contributed by atoms with E-state index in [1.54, 1.807) is 0 Å². The normalized spacial score (nSPS) is 11.5. The minimum atomic E-state index is -4.70. The predicted octanol–water partition coefficient (Wildman–Crippen LogP) is 2.42. The third-order valence-corrected chi connectivity index (χ3v) is 3.07. The van der Waals surface area contributed by atoms with Crippen molar-refractivity contribution in [1.82, 2.24) is 0 Å². The van der Waals surface area contributed by atoms with E-state index in [-0.39, 0.29) is 11.3 Å². The molecule has 1 N–H and O–H groups in total. The Bertz CT molecular complexity index is 833. The van der Waals surface area contributed by atoms with E-state index < -0.39 is 28.3 Å². The molecule has 0 aliphatic heterocycles. The van der Waals surface area contributed by atoms with Gasteiger partial charge in [-0.25, -0.2) is 0 Å². The molecule has 0 spiro atoms. The van der Waals surface area contributed by atoms with Crippen molar-refractivity contribution in [3.63, 3.8) is 0 Å². The van der Waals surface area contributed by atoms with E-state index in [1.165, 1.54) is 30.5 Å². The Morgan fingerprint density at radius 3 is 2.32 bits per heavy atom. The van der Waals surface area contributed by atoms with Crippen molar-refractivity contribution in [2.45, 2.75) is 6.18 Å². The Hall–Kier alpha value is -3.43. The molecule has 7 nitrogen and oxygen atoms in total. The lowest BCUT2D eigenvalue weighted by Gasteiger charge is -2.08. The molecule has 0 aliphatic rings. The SMILES string of the molecule is O=C([O-])c1ccc(/C=N\Nc2ccc(C(F)(F)F)cc2[N+](=O)[O-])cc1. The molecule has 0 atom stereocenters. The number of hydrogen-bond acceptors (Lipinski definition) is 6. The van der Waals surface area contributed by atoms with Gasteiger partial charge >= 0.3 is 6.18 Å². The molecule has 0 saturated heterocycles. The summed E-state index contributed by atoms with van der Waals surface area (Å²) in [5.74, 6) is -1.35. The van der Waals surface area contributed by atoms with Crippen molar-refractivity contribution in [1.29, 1.82) is 0 Å². The molecule has 130 valence electrons. The number of benzene rings is 2. The highest BCUT2D eigenvalue weighted by Crippen LogP contribution is 2.34. The molecule has 2 rings (SSSR count). The zero-order valence-corrected chi connectivity index (χ0v) is 12.3. The summed E-state index contributed by atoms with van der Waals surface area (Å²) in [5.41, 5.74) is 0.571. The van der Waals surface area contributed by atoms with Crippen molar-refractivity contribution in [3.8, 4) is 0 Å². The van der Waals surface area contributed by atoms with E-state index in [0.717, 1.165) is 6.07 Å². The van der Waals surface area contributed by atoms with E-state index >= 15 is 0 Å². The molecule has 0 fully saturated rings. The fourth-order valence-corrected chi connectivity index (χ4v) is 1.84. The number of hydrogen-bond donors (Lipinski definition) is 1. The second-order valence-corrected chi connectivity index (χ2v) is 4.77. The number of nitrogens with one attached hydrogen (secondary N) is 1. The van der Waals surface area contributed by atoms with Gasteiger partial charge in [0.25, 0.3) is 5.69 Å². The lowest BCUT2D eigenvalue weighted by atomic mass is 10.1. The van der Waals surface area contributed by atoms with Crippen LogP contribution in [0.2, 0.25) is 0 Å². The molecule has 0 saturated carbocycles. The lowest BCUT2D eigenvalue weighted by Crippen LogP contribution is -2.21. The molecule has 25 heavy (non-hydrogen) atoms. The molecule has 0 unspecified atom stereocenters. The predicted molar refractivity (Wildman–Crippen MR) is 80.1 cm³/mol. The first-order valence-electron chi connectivity index (χ1n) is 6.64. The number of nitro benzene ring substituents is 1. The zero-order chi connectivity index (χ0) is 18.6. The molecule has 2 aromatic rings. The van der Waals surface area contributed by atoms with Gasteiger partial charge in [-0.05, 0) is 23.3 Å².